The molecule has 0 bridgehead atoms. The molecule has 0 aliphatic heterocycles. The van der Waals surface area contributed by atoms with Crippen molar-refractivity contribution in [3.63, 3.8) is 0 Å². The van der Waals surface area contributed by atoms with Crippen LogP contribution in [-0.4, -0.2) is 0 Å². The minimum atomic E-state index is -0.0765. The van der Waals surface area contributed by atoms with Gasteiger partial charge in [-0.1, -0.05) is 88.4 Å². The Morgan fingerprint density at radius 3 is 1.80 bits per heavy atom. The molecule has 0 spiro atoms. The summed E-state index contributed by atoms with van der Waals surface area (Å²) in [4.78, 5) is 0. The summed E-state index contributed by atoms with van der Waals surface area (Å²) in [6.07, 6.45) is 0.885. The van der Waals surface area contributed by atoms with Gasteiger partial charge < -0.3 is 0 Å². The number of hydrogen-bond donors (Lipinski definition) is 0. The molecule has 2 aromatic rings. The Balaban J connectivity index is 2.32. The fourth-order valence-corrected chi connectivity index (χ4v) is 3.68. The first kappa shape index (κ1) is 17.3. The number of benzene rings is 2. The maximum atomic E-state index is 9.73. The van der Waals surface area contributed by atoms with Crippen LogP contribution in [0.25, 0.3) is 5.57 Å². The standard InChI is InChI=1S/C24H25N/c1-23(2)16-20(17-25)22(24(23,3)4)15-21(18-11-7-5-8-12-18)19-13-9-6-10-14-19/h5-14,20H,16H2,1-4H3. The molecule has 0 radical (unpaired) electrons. The van der Waals surface area contributed by atoms with Gasteiger partial charge in [0.1, 0.15) is 0 Å². The molecule has 0 amide bonds. The highest BCUT2D eigenvalue weighted by molar-refractivity contribution is 5.79. The maximum Gasteiger partial charge on any atom is 0.0758 e. The highest BCUT2D eigenvalue weighted by Crippen LogP contribution is 2.57. The predicted octanol–water partition coefficient (Wildman–Crippen LogP) is 6.24. The van der Waals surface area contributed by atoms with E-state index in [0.717, 1.165) is 28.7 Å². The first-order valence-corrected chi connectivity index (χ1v) is 8.88. The van der Waals surface area contributed by atoms with Gasteiger partial charge in [-0.05, 0) is 34.0 Å². The van der Waals surface area contributed by atoms with Crippen molar-refractivity contribution in [3.8, 4) is 6.07 Å². The van der Waals surface area contributed by atoms with E-state index in [1.54, 1.807) is 0 Å². The average molecular weight is 327 g/mol. The first-order chi connectivity index (χ1) is 11.9. The topological polar surface area (TPSA) is 23.8 Å². The Hall–Kier alpha value is -2.55. The summed E-state index contributed by atoms with van der Waals surface area (Å²) in [7, 11) is 0. The van der Waals surface area contributed by atoms with Gasteiger partial charge in [-0.25, -0.2) is 0 Å². The average Bonchev–Trinajstić information content (AvgIpc) is 2.79. The van der Waals surface area contributed by atoms with Crippen LogP contribution in [0, 0.1) is 28.1 Å². The second kappa shape index (κ2) is 6.40. The lowest BCUT2D eigenvalue weighted by molar-refractivity contribution is 0.187. The molecule has 0 aromatic heterocycles. The van der Waals surface area contributed by atoms with Gasteiger partial charge in [0.25, 0.3) is 0 Å². The van der Waals surface area contributed by atoms with E-state index in [4.69, 9.17) is 0 Å². The fraction of sp³-hybridized carbons (Fsp3) is 0.333. The van der Waals surface area contributed by atoms with Gasteiger partial charge >= 0.3 is 0 Å². The minimum Gasteiger partial charge on any atom is -0.198 e. The molecule has 2 aromatic carbocycles. The zero-order valence-corrected chi connectivity index (χ0v) is 15.5. The van der Waals surface area contributed by atoms with Gasteiger partial charge in [-0.15, -0.1) is 5.73 Å². The third kappa shape index (κ3) is 3.07. The quantitative estimate of drug-likeness (QED) is 0.599. The summed E-state index contributed by atoms with van der Waals surface area (Å²) in [6, 6.07) is 23.2. The van der Waals surface area contributed by atoms with E-state index in [2.05, 4.69) is 88.0 Å². The summed E-state index contributed by atoms with van der Waals surface area (Å²) in [5.41, 5.74) is 8.19. The van der Waals surface area contributed by atoms with E-state index in [9.17, 15) is 5.26 Å². The van der Waals surface area contributed by atoms with E-state index in [1.165, 1.54) is 0 Å². The van der Waals surface area contributed by atoms with E-state index in [0.29, 0.717) is 0 Å². The van der Waals surface area contributed by atoms with Crippen LogP contribution in [0.3, 0.4) is 0 Å². The molecule has 1 unspecified atom stereocenters. The van der Waals surface area contributed by atoms with Crippen LogP contribution in [0.1, 0.15) is 45.2 Å². The summed E-state index contributed by atoms with van der Waals surface area (Å²) >= 11 is 0. The Labute approximate surface area is 151 Å². The molecule has 0 heterocycles. The largest absolute Gasteiger partial charge is 0.198 e. The van der Waals surface area contributed by atoms with Gasteiger partial charge in [0.05, 0.1) is 12.0 Å². The van der Waals surface area contributed by atoms with Crippen molar-refractivity contribution in [2.75, 3.05) is 0 Å². The molecular formula is C24H25N. The third-order valence-corrected chi connectivity index (χ3v) is 5.97. The Morgan fingerprint density at radius 1 is 0.880 bits per heavy atom. The Bertz CT molecular complexity index is 816. The first-order valence-electron chi connectivity index (χ1n) is 8.88. The molecule has 0 N–H and O–H groups in total. The third-order valence-electron chi connectivity index (χ3n) is 5.97. The molecule has 3 rings (SSSR count). The maximum absolute atomic E-state index is 9.73. The van der Waals surface area contributed by atoms with Crippen molar-refractivity contribution in [3.05, 3.63) is 83.1 Å². The summed E-state index contributed by atoms with van der Waals surface area (Å²) in [5.74, 6) is -0.0765. The van der Waals surface area contributed by atoms with Gasteiger partial charge in [-0.3, -0.25) is 0 Å². The summed E-state index contributed by atoms with van der Waals surface area (Å²) in [6.45, 7) is 9.02. The van der Waals surface area contributed by atoms with Crippen molar-refractivity contribution in [2.24, 2.45) is 16.7 Å². The van der Waals surface area contributed by atoms with Crippen molar-refractivity contribution in [1.82, 2.24) is 0 Å². The molecule has 1 aliphatic rings. The van der Waals surface area contributed by atoms with Crippen molar-refractivity contribution < 1.29 is 0 Å². The number of rotatable bonds is 2. The second-order valence-electron chi connectivity index (χ2n) is 8.04. The van der Waals surface area contributed by atoms with Gasteiger partial charge in [0.2, 0.25) is 0 Å². The molecule has 1 atom stereocenters. The highest BCUT2D eigenvalue weighted by atomic mass is 14.5. The van der Waals surface area contributed by atoms with E-state index in [1.807, 2.05) is 12.1 Å². The van der Waals surface area contributed by atoms with E-state index in [-0.39, 0.29) is 16.7 Å². The van der Waals surface area contributed by atoms with Crippen molar-refractivity contribution in [2.45, 2.75) is 34.1 Å². The predicted molar refractivity (Wildman–Crippen MR) is 104 cm³/mol. The lowest BCUT2D eigenvalue weighted by Crippen LogP contribution is -2.27. The van der Waals surface area contributed by atoms with Crippen LogP contribution in [0.4, 0.5) is 0 Å². The Morgan fingerprint density at radius 2 is 1.36 bits per heavy atom. The number of hydrogen-bond acceptors (Lipinski definition) is 1. The molecule has 0 saturated heterocycles. The van der Waals surface area contributed by atoms with Gasteiger partial charge in [0, 0.05) is 5.57 Å². The highest BCUT2D eigenvalue weighted by Gasteiger charge is 2.50. The zero-order chi connectivity index (χ0) is 18.1. The smallest absolute Gasteiger partial charge is 0.0758 e. The van der Waals surface area contributed by atoms with Gasteiger partial charge in [0.15, 0.2) is 0 Å². The number of nitriles is 1. The molecule has 1 saturated carbocycles. The lowest BCUT2D eigenvalue weighted by Gasteiger charge is -2.34. The van der Waals surface area contributed by atoms with Crippen LogP contribution >= 0.6 is 0 Å². The summed E-state index contributed by atoms with van der Waals surface area (Å²) in [5, 5.41) is 9.73. The van der Waals surface area contributed by atoms with Crippen molar-refractivity contribution in [1.29, 1.82) is 5.26 Å². The molecule has 1 heteroatoms. The monoisotopic (exact) mass is 327 g/mol. The van der Waals surface area contributed by atoms with E-state index < -0.39 is 0 Å². The van der Waals surface area contributed by atoms with Gasteiger partial charge in [-0.2, -0.15) is 5.26 Å². The van der Waals surface area contributed by atoms with Crippen molar-refractivity contribution >= 4 is 5.57 Å². The molecule has 126 valence electrons. The van der Waals surface area contributed by atoms with E-state index >= 15 is 0 Å². The lowest BCUT2D eigenvalue weighted by atomic mass is 9.69. The van der Waals surface area contributed by atoms with Crippen LogP contribution in [0.15, 0.2) is 72.0 Å². The van der Waals surface area contributed by atoms with Crippen LogP contribution in [0.5, 0.6) is 0 Å². The molecule has 1 nitrogen and oxygen atoms in total. The molecule has 1 fully saturated rings. The second-order valence-corrected chi connectivity index (χ2v) is 8.04. The Kier molecular flexibility index (Phi) is 4.42. The summed E-state index contributed by atoms with van der Waals surface area (Å²) < 4.78 is 0. The number of allylic oxidation sites excluding steroid dienone is 1. The molecule has 1 aliphatic carbocycles. The minimum absolute atomic E-state index is 0.0673. The normalized spacial score (nSPS) is 20.6. The molecular weight excluding hydrogens is 302 g/mol. The van der Waals surface area contributed by atoms with Crippen LogP contribution in [-0.2, 0) is 0 Å². The van der Waals surface area contributed by atoms with Crippen LogP contribution in [0.2, 0.25) is 0 Å². The zero-order valence-electron chi connectivity index (χ0n) is 15.5. The number of nitrogens with zero attached hydrogens (tertiary/aromatic N) is 1. The molecule has 25 heavy (non-hydrogen) atoms. The SMILES string of the molecule is CC1(C)CC(C#N)C(=C=C(c2ccccc2)c2ccccc2)C1(C)C. The fourth-order valence-electron chi connectivity index (χ4n) is 3.68. The van der Waals surface area contributed by atoms with Crippen LogP contribution < -0.4 is 0 Å².